The minimum atomic E-state index is -0.839. The van der Waals surface area contributed by atoms with E-state index in [2.05, 4.69) is 15.3 Å². The number of fused-ring (bicyclic) bond motifs is 1. The molecule has 1 aliphatic rings. The largest absolute Gasteiger partial charge is 0.317 e. The highest BCUT2D eigenvalue weighted by Crippen LogP contribution is 2.27. The Hall–Kier alpha value is -2.31. The van der Waals surface area contributed by atoms with E-state index in [1.807, 2.05) is 24.3 Å². The van der Waals surface area contributed by atoms with Crippen LogP contribution in [0.3, 0.4) is 0 Å². The van der Waals surface area contributed by atoms with Gasteiger partial charge in [0.2, 0.25) is 0 Å². The molecule has 0 aliphatic carbocycles. The molecule has 136 valence electrons. The standard InChI is InChI=1S/C19H17F2N3O.ClH/c20-14-9-15-17(16(21)10-14)23-18(24-19(15)25)13-3-1-11(2-4-13)12-5-7-22-8-6-12;/h1-4,9-10,12,22H,5-8H2,(H,23,24,25);1H. The van der Waals surface area contributed by atoms with Gasteiger partial charge in [-0.2, -0.15) is 0 Å². The summed E-state index contributed by atoms with van der Waals surface area (Å²) in [6.07, 6.45) is 2.20. The highest BCUT2D eigenvalue weighted by molar-refractivity contribution is 5.85. The minimum Gasteiger partial charge on any atom is -0.317 e. The van der Waals surface area contributed by atoms with Crippen LogP contribution in [0.4, 0.5) is 8.78 Å². The molecule has 0 unspecified atom stereocenters. The number of hydrogen-bond donors (Lipinski definition) is 2. The van der Waals surface area contributed by atoms with Crippen molar-refractivity contribution in [3.8, 4) is 11.4 Å². The summed E-state index contributed by atoms with van der Waals surface area (Å²) in [5.41, 5.74) is 1.27. The van der Waals surface area contributed by atoms with E-state index in [1.54, 1.807) is 0 Å². The van der Waals surface area contributed by atoms with Crippen molar-refractivity contribution in [2.75, 3.05) is 13.1 Å². The zero-order valence-corrected chi connectivity index (χ0v) is 14.7. The van der Waals surface area contributed by atoms with Crippen LogP contribution in [0.2, 0.25) is 0 Å². The lowest BCUT2D eigenvalue weighted by atomic mass is 9.90. The van der Waals surface area contributed by atoms with Crippen molar-refractivity contribution in [1.82, 2.24) is 15.3 Å². The molecule has 1 saturated heterocycles. The first-order valence-electron chi connectivity index (χ1n) is 8.32. The van der Waals surface area contributed by atoms with Crippen LogP contribution in [0.15, 0.2) is 41.2 Å². The van der Waals surface area contributed by atoms with E-state index >= 15 is 0 Å². The summed E-state index contributed by atoms with van der Waals surface area (Å²) < 4.78 is 27.3. The maximum Gasteiger partial charge on any atom is 0.259 e. The summed E-state index contributed by atoms with van der Waals surface area (Å²) in [6, 6.07) is 9.53. The Morgan fingerprint density at radius 3 is 2.42 bits per heavy atom. The summed E-state index contributed by atoms with van der Waals surface area (Å²) >= 11 is 0. The van der Waals surface area contributed by atoms with Crippen molar-refractivity contribution >= 4 is 23.3 Å². The third-order valence-electron chi connectivity index (χ3n) is 4.72. The summed E-state index contributed by atoms with van der Waals surface area (Å²) in [5, 5.41) is 3.25. The molecule has 1 aliphatic heterocycles. The average Bonchev–Trinajstić information content (AvgIpc) is 2.63. The number of halogens is 3. The lowest BCUT2D eigenvalue weighted by molar-refractivity contribution is 0.460. The molecule has 0 radical (unpaired) electrons. The van der Waals surface area contributed by atoms with Crippen LogP contribution in [0.1, 0.15) is 24.3 Å². The van der Waals surface area contributed by atoms with Gasteiger partial charge < -0.3 is 10.3 Å². The molecule has 0 amide bonds. The van der Waals surface area contributed by atoms with Crippen LogP contribution in [0.25, 0.3) is 22.3 Å². The van der Waals surface area contributed by atoms with E-state index in [1.165, 1.54) is 5.56 Å². The van der Waals surface area contributed by atoms with Crippen molar-refractivity contribution in [3.63, 3.8) is 0 Å². The second-order valence-corrected chi connectivity index (χ2v) is 6.34. The Morgan fingerprint density at radius 1 is 1.04 bits per heavy atom. The monoisotopic (exact) mass is 377 g/mol. The van der Waals surface area contributed by atoms with Gasteiger partial charge in [0.1, 0.15) is 17.2 Å². The second kappa shape index (κ2) is 7.51. The fraction of sp³-hybridized carbons (Fsp3) is 0.263. The molecule has 1 aromatic heterocycles. The van der Waals surface area contributed by atoms with Crippen LogP contribution in [-0.4, -0.2) is 23.1 Å². The summed E-state index contributed by atoms with van der Waals surface area (Å²) in [6.45, 7) is 2.03. The molecule has 2 N–H and O–H groups in total. The SMILES string of the molecule is Cl.O=c1[nH]c(-c2ccc(C3CCNCC3)cc2)nc2c(F)cc(F)cc12. The number of nitrogens with zero attached hydrogens (tertiary/aromatic N) is 1. The number of nitrogens with one attached hydrogen (secondary N) is 2. The van der Waals surface area contributed by atoms with Gasteiger partial charge in [0.15, 0.2) is 5.82 Å². The molecule has 0 spiro atoms. The zero-order valence-electron chi connectivity index (χ0n) is 13.9. The number of aromatic amines is 1. The first kappa shape index (κ1) is 18.5. The molecule has 1 fully saturated rings. The number of piperidine rings is 1. The molecule has 2 aromatic carbocycles. The van der Waals surface area contributed by atoms with Gasteiger partial charge in [-0.25, -0.2) is 13.8 Å². The van der Waals surface area contributed by atoms with Gasteiger partial charge in [-0.1, -0.05) is 24.3 Å². The molecule has 4 rings (SSSR count). The number of aromatic nitrogens is 2. The van der Waals surface area contributed by atoms with E-state index in [0.717, 1.165) is 38.1 Å². The smallest absolute Gasteiger partial charge is 0.259 e. The maximum absolute atomic E-state index is 14.0. The van der Waals surface area contributed by atoms with Gasteiger partial charge in [0.25, 0.3) is 5.56 Å². The molecular formula is C19H18ClF2N3O. The molecule has 0 saturated carbocycles. The number of H-pyrrole nitrogens is 1. The third kappa shape index (κ3) is 3.48. The molecular weight excluding hydrogens is 360 g/mol. The van der Waals surface area contributed by atoms with E-state index < -0.39 is 17.2 Å². The fourth-order valence-electron chi connectivity index (χ4n) is 3.37. The topological polar surface area (TPSA) is 57.8 Å². The van der Waals surface area contributed by atoms with Gasteiger partial charge in [-0.15, -0.1) is 12.4 Å². The molecule has 0 atom stereocenters. The van der Waals surface area contributed by atoms with Crippen molar-refractivity contribution in [3.05, 3.63) is 63.9 Å². The Labute approximate surface area is 155 Å². The van der Waals surface area contributed by atoms with Crippen molar-refractivity contribution in [1.29, 1.82) is 0 Å². The fourth-order valence-corrected chi connectivity index (χ4v) is 3.37. The zero-order chi connectivity index (χ0) is 17.4. The average molecular weight is 378 g/mol. The molecule has 4 nitrogen and oxygen atoms in total. The molecule has 0 bridgehead atoms. The third-order valence-corrected chi connectivity index (χ3v) is 4.72. The Morgan fingerprint density at radius 2 is 1.73 bits per heavy atom. The molecule has 26 heavy (non-hydrogen) atoms. The van der Waals surface area contributed by atoms with Crippen LogP contribution < -0.4 is 10.9 Å². The quantitative estimate of drug-likeness (QED) is 0.715. The van der Waals surface area contributed by atoms with Crippen molar-refractivity contribution < 1.29 is 8.78 Å². The number of benzene rings is 2. The van der Waals surface area contributed by atoms with E-state index in [4.69, 9.17) is 0 Å². The van der Waals surface area contributed by atoms with E-state index in [9.17, 15) is 13.6 Å². The summed E-state index contributed by atoms with van der Waals surface area (Å²) in [7, 11) is 0. The van der Waals surface area contributed by atoms with Crippen LogP contribution in [0, 0.1) is 11.6 Å². The Bertz CT molecular complexity index is 982. The predicted octanol–water partition coefficient (Wildman–Crippen LogP) is 3.76. The molecule has 2 heterocycles. The number of hydrogen-bond acceptors (Lipinski definition) is 3. The molecule has 3 aromatic rings. The minimum absolute atomic E-state index is 0. The van der Waals surface area contributed by atoms with Crippen LogP contribution in [0.5, 0.6) is 0 Å². The normalized spacial score (nSPS) is 15.0. The Balaban J connectivity index is 0.00000196. The molecule has 7 heteroatoms. The van der Waals surface area contributed by atoms with Gasteiger partial charge >= 0.3 is 0 Å². The van der Waals surface area contributed by atoms with Crippen LogP contribution in [-0.2, 0) is 0 Å². The first-order chi connectivity index (χ1) is 12.1. The van der Waals surface area contributed by atoms with Crippen molar-refractivity contribution in [2.24, 2.45) is 0 Å². The maximum atomic E-state index is 14.0. The van der Waals surface area contributed by atoms with E-state index in [-0.39, 0.29) is 29.1 Å². The predicted molar refractivity (Wildman–Crippen MR) is 99.8 cm³/mol. The summed E-state index contributed by atoms with van der Waals surface area (Å²) in [4.78, 5) is 18.9. The van der Waals surface area contributed by atoms with Gasteiger partial charge in [0.05, 0.1) is 5.39 Å². The van der Waals surface area contributed by atoms with Gasteiger partial charge in [-0.05, 0) is 43.5 Å². The lowest BCUT2D eigenvalue weighted by Gasteiger charge is -2.23. The number of rotatable bonds is 2. The van der Waals surface area contributed by atoms with E-state index in [0.29, 0.717) is 11.5 Å². The lowest BCUT2D eigenvalue weighted by Crippen LogP contribution is -2.26. The van der Waals surface area contributed by atoms with Crippen LogP contribution >= 0.6 is 12.4 Å². The van der Waals surface area contributed by atoms with Gasteiger partial charge in [0, 0.05) is 11.6 Å². The summed E-state index contributed by atoms with van der Waals surface area (Å²) in [5.74, 6) is -0.829. The first-order valence-corrected chi connectivity index (χ1v) is 8.32. The highest BCUT2D eigenvalue weighted by Gasteiger charge is 2.16. The van der Waals surface area contributed by atoms with Crippen molar-refractivity contribution in [2.45, 2.75) is 18.8 Å². The Kier molecular flexibility index (Phi) is 5.34. The second-order valence-electron chi connectivity index (χ2n) is 6.34. The van der Waals surface area contributed by atoms with Gasteiger partial charge in [-0.3, -0.25) is 4.79 Å². The highest BCUT2D eigenvalue weighted by atomic mass is 35.5.